The second-order valence-corrected chi connectivity index (χ2v) is 6.67. The van der Waals surface area contributed by atoms with Crippen molar-refractivity contribution in [2.24, 2.45) is 5.92 Å². The fraction of sp³-hybridized carbons (Fsp3) is 0.647. The van der Waals surface area contributed by atoms with Crippen LogP contribution in [0.5, 0.6) is 0 Å². The summed E-state index contributed by atoms with van der Waals surface area (Å²) < 4.78 is 0. The van der Waals surface area contributed by atoms with Gasteiger partial charge in [-0.1, -0.05) is 24.6 Å². The second-order valence-electron chi connectivity index (χ2n) is 6.26. The number of hydrogen-bond donors (Lipinski definition) is 1. The molecule has 0 bridgehead atoms. The van der Waals surface area contributed by atoms with Crippen molar-refractivity contribution in [3.63, 3.8) is 0 Å². The van der Waals surface area contributed by atoms with Gasteiger partial charge in [0.15, 0.2) is 0 Å². The topological polar surface area (TPSA) is 18.5 Å². The summed E-state index contributed by atoms with van der Waals surface area (Å²) in [4.78, 5) is 4.73. The van der Waals surface area contributed by atoms with E-state index in [2.05, 4.69) is 54.3 Å². The summed E-state index contributed by atoms with van der Waals surface area (Å²) in [5.74, 6) is 0.822. The lowest BCUT2D eigenvalue weighted by molar-refractivity contribution is 0.285. The molecule has 1 aromatic carbocycles. The molecule has 1 N–H and O–H groups in total. The molecular formula is C17H28ClN3. The predicted molar refractivity (Wildman–Crippen MR) is 92.3 cm³/mol. The minimum atomic E-state index is 0.822. The summed E-state index contributed by atoms with van der Waals surface area (Å²) in [5.41, 5.74) is 2.45. The van der Waals surface area contributed by atoms with Crippen LogP contribution in [0.4, 0.5) is 5.69 Å². The number of hydrogen-bond acceptors (Lipinski definition) is 3. The van der Waals surface area contributed by atoms with Crippen molar-refractivity contribution in [1.29, 1.82) is 0 Å². The first-order valence-electron chi connectivity index (χ1n) is 7.99. The van der Waals surface area contributed by atoms with E-state index in [9.17, 15) is 0 Å². The van der Waals surface area contributed by atoms with E-state index >= 15 is 0 Å². The first-order chi connectivity index (χ1) is 10.1. The average molecular weight is 310 g/mol. The lowest BCUT2D eigenvalue weighted by Crippen LogP contribution is -2.37. The Morgan fingerprint density at radius 1 is 1.29 bits per heavy atom. The number of rotatable bonds is 6. The van der Waals surface area contributed by atoms with Gasteiger partial charge in [0.05, 0.1) is 10.7 Å². The summed E-state index contributed by atoms with van der Waals surface area (Å²) >= 11 is 6.48. The first kappa shape index (κ1) is 16.6. The fourth-order valence-corrected chi connectivity index (χ4v) is 3.38. The Bertz CT molecular complexity index is 440. The van der Waals surface area contributed by atoms with Crippen molar-refractivity contribution in [2.45, 2.75) is 26.3 Å². The SMILES string of the molecule is CCNCc1ccc(N2CCC(CN(C)C)CC2)c(Cl)c1. The van der Waals surface area contributed by atoms with Crippen LogP contribution >= 0.6 is 11.6 Å². The quantitative estimate of drug-likeness (QED) is 0.870. The molecule has 0 aromatic heterocycles. The number of piperidine rings is 1. The standard InChI is InChI=1S/C17H28ClN3/c1-4-19-12-15-5-6-17(16(18)11-15)21-9-7-14(8-10-21)13-20(2)3/h5-6,11,14,19H,4,7-10,12-13H2,1-3H3. The number of halogens is 1. The van der Waals surface area contributed by atoms with Gasteiger partial charge in [-0.2, -0.15) is 0 Å². The molecule has 2 rings (SSSR count). The zero-order chi connectivity index (χ0) is 15.2. The molecule has 0 aliphatic carbocycles. The third kappa shape index (κ3) is 4.87. The molecule has 1 aliphatic rings. The molecule has 1 aromatic rings. The summed E-state index contributed by atoms with van der Waals surface area (Å²) in [5, 5.41) is 4.22. The third-order valence-electron chi connectivity index (χ3n) is 4.17. The minimum Gasteiger partial charge on any atom is -0.370 e. The van der Waals surface area contributed by atoms with Gasteiger partial charge in [-0.15, -0.1) is 0 Å². The Morgan fingerprint density at radius 2 is 2.00 bits per heavy atom. The molecule has 21 heavy (non-hydrogen) atoms. The molecule has 1 fully saturated rings. The molecule has 0 atom stereocenters. The van der Waals surface area contributed by atoms with E-state index < -0.39 is 0 Å². The van der Waals surface area contributed by atoms with Crippen molar-refractivity contribution in [3.05, 3.63) is 28.8 Å². The smallest absolute Gasteiger partial charge is 0.0642 e. The van der Waals surface area contributed by atoms with Crippen LogP contribution in [0.15, 0.2) is 18.2 Å². The third-order valence-corrected chi connectivity index (χ3v) is 4.47. The highest BCUT2D eigenvalue weighted by molar-refractivity contribution is 6.33. The molecule has 0 unspecified atom stereocenters. The van der Waals surface area contributed by atoms with Crippen molar-refractivity contribution in [3.8, 4) is 0 Å². The Morgan fingerprint density at radius 3 is 2.57 bits per heavy atom. The van der Waals surface area contributed by atoms with Crippen LogP contribution < -0.4 is 10.2 Å². The molecule has 1 saturated heterocycles. The first-order valence-corrected chi connectivity index (χ1v) is 8.36. The molecule has 4 heteroatoms. The van der Waals surface area contributed by atoms with Gasteiger partial charge in [-0.3, -0.25) is 0 Å². The zero-order valence-corrected chi connectivity index (χ0v) is 14.3. The van der Waals surface area contributed by atoms with Crippen LogP contribution in [-0.4, -0.2) is 45.2 Å². The molecule has 1 aliphatic heterocycles. The van der Waals surface area contributed by atoms with Crippen LogP contribution in [-0.2, 0) is 6.54 Å². The van der Waals surface area contributed by atoms with Crippen molar-refractivity contribution in [2.75, 3.05) is 45.2 Å². The summed E-state index contributed by atoms with van der Waals surface area (Å²) in [6, 6.07) is 6.47. The monoisotopic (exact) mass is 309 g/mol. The Balaban J connectivity index is 1.94. The van der Waals surface area contributed by atoms with Gasteiger partial charge in [0, 0.05) is 26.2 Å². The molecule has 118 valence electrons. The van der Waals surface area contributed by atoms with Gasteiger partial charge in [0.25, 0.3) is 0 Å². The summed E-state index contributed by atoms with van der Waals surface area (Å²) in [6.45, 7) is 7.42. The van der Waals surface area contributed by atoms with Gasteiger partial charge >= 0.3 is 0 Å². The lowest BCUT2D eigenvalue weighted by atomic mass is 9.96. The minimum absolute atomic E-state index is 0.822. The molecule has 0 spiro atoms. The number of benzene rings is 1. The van der Waals surface area contributed by atoms with Crippen molar-refractivity contribution in [1.82, 2.24) is 10.2 Å². The molecule has 0 amide bonds. The van der Waals surface area contributed by atoms with E-state index in [0.717, 1.165) is 37.1 Å². The summed E-state index contributed by atoms with van der Waals surface area (Å²) in [6.07, 6.45) is 2.52. The van der Waals surface area contributed by atoms with Gasteiger partial charge in [-0.05, 0) is 57.1 Å². The second kappa shape index (κ2) is 8.02. The zero-order valence-electron chi connectivity index (χ0n) is 13.5. The van der Waals surface area contributed by atoms with Crippen molar-refractivity contribution >= 4 is 17.3 Å². The van der Waals surface area contributed by atoms with E-state index in [1.54, 1.807) is 0 Å². The van der Waals surface area contributed by atoms with E-state index in [1.165, 1.54) is 30.6 Å². The van der Waals surface area contributed by atoms with Crippen LogP contribution in [0.3, 0.4) is 0 Å². The fourth-order valence-electron chi connectivity index (χ4n) is 3.06. The predicted octanol–water partition coefficient (Wildman–Crippen LogP) is 3.23. The van der Waals surface area contributed by atoms with Gasteiger partial charge in [-0.25, -0.2) is 0 Å². The number of nitrogens with one attached hydrogen (secondary N) is 1. The Labute approximate surface area is 134 Å². The highest BCUT2D eigenvalue weighted by atomic mass is 35.5. The van der Waals surface area contributed by atoms with Gasteiger partial charge in [0.1, 0.15) is 0 Å². The summed E-state index contributed by atoms with van der Waals surface area (Å²) in [7, 11) is 4.32. The molecule has 0 saturated carbocycles. The molecule has 3 nitrogen and oxygen atoms in total. The maximum Gasteiger partial charge on any atom is 0.0642 e. The maximum atomic E-state index is 6.48. The van der Waals surface area contributed by atoms with E-state index in [1.807, 2.05) is 0 Å². The number of anilines is 1. The number of nitrogens with zero attached hydrogens (tertiary/aromatic N) is 2. The van der Waals surface area contributed by atoms with E-state index in [4.69, 9.17) is 11.6 Å². The molecule has 1 heterocycles. The van der Waals surface area contributed by atoms with Crippen LogP contribution in [0.25, 0.3) is 0 Å². The average Bonchev–Trinajstić information content (AvgIpc) is 2.46. The van der Waals surface area contributed by atoms with Gasteiger partial charge < -0.3 is 15.1 Å². The van der Waals surface area contributed by atoms with Gasteiger partial charge in [0.2, 0.25) is 0 Å². The maximum absolute atomic E-state index is 6.48. The van der Waals surface area contributed by atoms with Crippen LogP contribution in [0.2, 0.25) is 5.02 Å². The van der Waals surface area contributed by atoms with Crippen molar-refractivity contribution < 1.29 is 0 Å². The van der Waals surface area contributed by atoms with E-state index in [-0.39, 0.29) is 0 Å². The molecular weight excluding hydrogens is 282 g/mol. The largest absolute Gasteiger partial charge is 0.370 e. The highest BCUT2D eigenvalue weighted by Crippen LogP contribution is 2.30. The highest BCUT2D eigenvalue weighted by Gasteiger charge is 2.21. The van der Waals surface area contributed by atoms with Crippen LogP contribution in [0, 0.1) is 5.92 Å². The molecule has 0 radical (unpaired) electrons. The normalized spacial score (nSPS) is 16.7. The van der Waals surface area contributed by atoms with E-state index in [0.29, 0.717) is 0 Å². The van der Waals surface area contributed by atoms with Crippen LogP contribution in [0.1, 0.15) is 25.3 Å². The lowest BCUT2D eigenvalue weighted by Gasteiger charge is -2.35. The Kier molecular flexibility index (Phi) is 6.34. The Hall–Kier alpha value is -0.770.